The molecular weight excluding hydrogens is 406 g/mol. The number of ether oxygens (including phenoxy) is 2. The topological polar surface area (TPSA) is 79.9 Å². The monoisotopic (exact) mass is 453 g/mol. The van der Waals surface area contributed by atoms with Crippen LogP contribution in [-0.2, 0) is 9.47 Å². The highest BCUT2D eigenvalue weighted by Gasteiger charge is 2.43. The standard InChI is InChI=1S/C25H47N3O4/c1-9-25(10-2,27-21(29)31-23(3,4)5)17-26-19-14-11-13-18(19)20-15-12-16-28(20)22(30)32-24(6,7)8/h18-20,26H,9-17H2,1-8H3,(H,27,29). The lowest BCUT2D eigenvalue weighted by Crippen LogP contribution is -2.57. The van der Waals surface area contributed by atoms with E-state index in [0.29, 0.717) is 18.5 Å². The fourth-order valence-corrected chi connectivity index (χ4v) is 5.06. The first kappa shape index (κ1) is 26.7. The molecule has 2 N–H and O–H groups in total. The van der Waals surface area contributed by atoms with E-state index in [1.807, 2.05) is 46.4 Å². The molecule has 186 valence electrons. The first-order valence-corrected chi connectivity index (χ1v) is 12.5. The Balaban J connectivity index is 2.03. The van der Waals surface area contributed by atoms with Crippen molar-refractivity contribution in [1.82, 2.24) is 15.5 Å². The average Bonchev–Trinajstić information content (AvgIpc) is 3.30. The van der Waals surface area contributed by atoms with E-state index < -0.39 is 11.2 Å². The molecule has 1 heterocycles. The van der Waals surface area contributed by atoms with Crippen molar-refractivity contribution in [2.75, 3.05) is 13.1 Å². The summed E-state index contributed by atoms with van der Waals surface area (Å²) in [5, 5.41) is 6.92. The van der Waals surface area contributed by atoms with Gasteiger partial charge in [-0.3, -0.25) is 0 Å². The maximum absolute atomic E-state index is 12.8. The molecule has 32 heavy (non-hydrogen) atoms. The quantitative estimate of drug-likeness (QED) is 0.552. The third-order valence-corrected chi connectivity index (χ3v) is 6.81. The van der Waals surface area contributed by atoms with Crippen LogP contribution in [0.15, 0.2) is 0 Å². The van der Waals surface area contributed by atoms with Gasteiger partial charge < -0.3 is 25.0 Å². The molecule has 1 saturated heterocycles. The summed E-state index contributed by atoms with van der Waals surface area (Å²) >= 11 is 0. The van der Waals surface area contributed by atoms with Crippen molar-refractivity contribution in [2.45, 2.75) is 129 Å². The van der Waals surface area contributed by atoms with Crippen LogP contribution in [-0.4, -0.2) is 59.0 Å². The Bertz CT molecular complexity index is 634. The highest BCUT2D eigenvalue weighted by atomic mass is 16.6. The van der Waals surface area contributed by atoms with E-state index in [0.717, 1.165) is 51.5 Å². The van der Waals surface area contributed by atoms with E-state index >= 15 is 0 Å². The summed E-state index contributed by atoms with van der Waals surface area (Å²) in [6.07, 6.45) is 6.52. The van der Waals surface area contributed by atoms with Crippen molar-refractivity contribution in [3.63, 3.8) is 0 Å². The number of rotatable bonds is 7. The maximum Gasteiger partial charge on any atom is 0.410 e. The molecule has 0 spiro atoms. The zero-order valence-electron chi connectivity index (χ0n) is 21.7. The lowest BCUT2D eigenvalue weighted by atomic mass is 9.89. The second-order valence-corrected chi connectivity index (χ2v) is 11.6. The van der Waals surface area contributed by atoms with Crippen molar-refractivity contribution >= 4 is 12.2 Å². The lowest BCUT2D eigenvalue weighted by molar-refractivity contribution is 0.0162. The summed E-state index contributed by atoms with van der Waals surface area (Å²) in [6, 6.07) is 0.558. The molecular formula is C25H47N3O4. The SMILES string of the molecule is CCC(CC)(CNC1CCCC1C1CCCN1C(=O)OC(C)(C)C)NC(=O)OC(C)(C)C. The number of alkyl carbamates (subject to hydrolysis) is 1. The number of nitrogens with zero attached hydrogens (tertiary/aromatic N) is 1. The van der Waals surface area contributed by atoms with Gasteiger partial charge in [-0.2, -0.15) is 0 Å². The Labute approximate surface area is 195 Å². The molecule has 7 nitrogen and oxygen atoms in total. The Hall–Kier alpha value is -1.50. The van der Waals surface area contributed by atoms with Crippen LogP contribution in [0.25, 0.3) is 0 Å². The Morgan fingerprint density at radius 1 is 0.906 bits per heavy atom. The van der Waals surface area contributed by atoms with Gasteiger partial charge in [0, 0.05) is 25.2 Å². The molecule has 1 aliphatic carbocycles. The number of carbonyl (C=O) groups excluding carboxylic acids is 2. The third kappa shape index (κ3) is 7.53. The lowest BCUT2D eigenvalue weighted by Gasteiger charge is -2.38. The zero-order valence-corrected chi connectivity index (χ0v) is 21.7. The second kappa shape index (κ2) is 10.6. The summed E-state index contributed by atoms with van der Waals surface area (Å²) in [6.45, 7) is 17.1. The average molecular weight is 454 g/mol. The van der Waals surface area contributed by atoms with Crippen LogP contribution in [0.3, 0.4) is 0 Å². The van der Waals surface area contributed by atoms with Gasteiger partial charge in [0.1, 0.15) is 11.2 Å². The van der Waals surface area contributed by atoms with Crippen molar-refractivity contribution in [2.24, 2.45) is 5.92 Å². The summed E-state index contributed by atoms with van der Waals surface area (Å²) in [5.74, 6) is 0.415. The smallest absolute Gasteiger partial charge is 0.410 e. The molecule has 0 bridgehead atoms. The fourth-order valence-electron chi connectivity index (χ4n) is 5.06. The molecule has 7 heteroatoms. The normalized spacial score (nSPS) is 24.5. The zero-order chi connectivity index (χ0) is 24.2. The van der Waals surface area contributed by atoms with Gasteiger partial charge in [-0.05, 0) is 86.0 Å². The molecule has 3 atom stereocenters. The number of carbonyl (C=O) groups is 2. The van der Waals surface area contributed by atoms with E-state index in [1.165, 1.54) is 0 Å². The minimum atomic E-state index is -0.519. The van der Waals surface area contributed by atoms with Gasteiger partial charge in [0.2, 0.25) is 0 Å². The summed E-state index contributed by atoms with van der Waals surface area (Å²) in [5.41, 5.74) is -1.35. The highest BCUT2D eigenvalue weighted by molar-refractivity contribution is 5.69. The number of nitrogens with one attached hydrogen (secondary N) is 2. The van der Waals surface area contributed by atoms with Gasteiger partial charge in [-0.1, -0.05) is 20.3 Å². The molecule has 1 aliphatic heterocycles. The molecule has 2 aliphatic rings. The van der Waals surface area contributed by atoms with E-state index in [9.17, 15) is 9.59 Å². The molecule has 0 radical (unpaired) electrons. The highest BCUT2D eigenvalue weighted by Crippen LogP contribution is 2.37. The second-order valence-electron chi connectivity index (χ2n) is 11.6. The fraction of sp³-hybridized carbons (Fsp3) is 0.920. The third-order valence-electron chi connectivity index (χ3n) is 6.81. The summed E-state index contributed by atoms with van der Waals surface area (Å²) in [4.78, 5) is 27.2. The van der Waals surface area contributed by atoms with Gasteiger partial charge in [0.25, 0.3) is 0 Å². The van der Waals surface area contributed by atoms with Gasteiger partial charge in [0.05, 0.1) is 5.54 Å². The van der Waals surface area contributed by atoms with Crippen molar-refractivity contribution < 1.29 is 19.1 Å². The van der Waals surface area contributed by atoms with Gasteiger partial charge in [-0.25, -0.2) is 9.59 Å². The van der Waals surface area contributed by atoms with Crippen LogP contribution in [0.5, 0.6) is 0 Å². The molecule has 0 aromatic heterocycles. The Kier molecular flexibility index (Phi) is 8.88. The van der Waals surface area contributed by atoms with Crippen molar-refractivity contribution in [3.8, 4) is 0 Å². The molecule has 0 aromatic rings. The van der Waals surface area contributed by atoms with Gasteiger partial charge in [-0.15, -0.1) is 0 Å². The minimum Gasteiger partial charge on any atom is -0.444 e. The van der Waals surface area contributed by atoms with E-state index in [4.69, 9.17) is 9.47 Å². The van der Waals surface area contributed by atoms with Crippen LogP contribution in [0.1, 0.15) is 100 Å². The first-order chi connectivity index (χ1) is 14.8. The first-order valence-electron chi connectivity index (χ1n) is 12.5. The predicted octanol–water partition coefficient (Wildman–Crippen LogP) is 5.23. The number of amides is 2. The molecule has 2 rings (SSSR count). The van der Waals surface area contributed by atoms with E-state index in [1.54, 1.807) is 0 Å². The van der Waals surface area contributed by atoms with Crippen molar-refractivity contribution in [1.29, 1.82) is 0 Å². The number of likely N-dealkylation sites (tertiary alicyclic amines) is 1. The molecule has 2 amide bonds. The molecule has 2 fully saturated rings. The Morgan fingerprint density at radius 2 is 1.53 bits per heavy atom. The predicted molar refractivity (Wildman–Crippen MR) is 128 cm³/mol. The van der Waals surface area contributed by atoms with E-state index in [2.05, 4.69) is 24.5 Å². The summed E-state index contributed by atoms with van der Waals surface area (Å²) < 4.78 is 11.2. The maximum atomic E-state index is 12.8. The van der Waals surface area contributed by atoms with Crippen LogP contribution in [0.2, 0.25) is 0 Å². The largest absolute Gasteiger partial charge is 0.444 e. The molecule has 0 aromatic carbocycles. The molecule has 1 saturated carbocycles. The Morgan fingerprint density at radius 3 is 2.09 bits per heavy atom. The van der Waals surface area contributed by atoms with Crippen LogP contribution < -0.4 is 10.6 Å². The van der Waals surface area contributed by atoms with Gasteiger partial charge >= 0.3 is 12.2 Å². The number of hydrogen-bond donors (Lipinski definition) is 2. The van der Waals surface area contributed by atoms with Crippen LogP contribution >= 0.6 is 0 Å². The van der Waals surface area contributed by atoms with Crippen LogP contribution in [0, 0.1) is 5.92 Å². The van der Waals surface area contributed by atoms with Crippen LogP contribution in [0.4, 0.5) is 9.59 Å². The minimum absolute atomic E-state index is 0.186. The van der Waals surface area contributed by atoms with Gasteiger partial charge in [0.15, 0.2) is 0 Å². The van der Waals surface area contributed by atoms with Crippen molar-refractivity contribution in [3.05, 3.63) is 0 Å². The molecule has 3 unspecified atom stereocenters. The number of hydrogen-bond acceptors (Lipinski definition) is 5. The summed E-state index contributed by atoms with van der Waals surface area (Å²) in [7, 11) is 0. The van der Waals surface area contributed by atoms with E-state index in [-0.39, 0.29) is 23.8 Å².